The molecule has 0 aliphatic rings. The first-order valence-electron chi connectivity index (χ1n) is 7.73. The minimum absolute atomic E-state index is 0.0649. The predicted octanol–water partition coefficient (Wildman–Crippen LogP) is 3.63. The van der Waals surface area contributed by atoms with Crippen LogP contribution in [-0.4, -0.2) is 26.7 Å². The van der Waals surface area contributed by atoms with Crippen molar-refractivity contribution in [2.24, 2.45) is 0 Å². The number of hydrogen-bond donors (Lipinski definition) is 1. The summed E-state index contributed by atoms with van der Waals surface area (Å²) in [6.45, 7) is -2.54. The summed E-state index contributed by atoms with van der Waals surface area (Å²) in [5.74, 6) is 0.977. The van der Waals surface area contributed by atoms with Crippen molar-refractivity contribution in [1.82, 2.24) is 5.32 Å². The molecule has 5 nitrogen and oxygen atoms in total. The molecule has 0 fully saturated rings. The Morgan fingerprint density at radius 3 is 2.38 bits per heavy atom. The van der Waals surface area contributed by atoms with Crippen LogP contribution in [0.4, 0.5) is 8.78 Å². The molecule has 0 bridgehead atoms. The predicted molar refractivity (Wildman–Crippen MR) is 93.5 cm³/mol. The zero-order valence-electron chi connectivity index (χ0n) is 14.4. The topological polar surface area (TPSA) is 56.8 Å². The van der Waals surface area contributed by atoms with Crippen LogP contribution in [0.5, 0.6) is 17.2 Å². The third-order valence-electron chi connectivity index (χ3n) is 3.45. The minimum Gasteiger partial charge on any atom is -0.493 e. The molecular weight excluding hydrogens is 344 g/mol. The summed E-state index contributed by atoms with van der Waals surface area (Å²) in [5.41, 5.74) is 1.55. The molecule has 0 saturated carbocycles. The summed E-state index contributed by atoms with van der Waals surface area (Å²) < 4.78 is 38.8. The largest absolute Gasteiger partial charge is 0.493 e. The highest BCUT2D eigenvalue weighted by Crippen LogP contribution is 2.27. The van der Waals surface area contributed by atoms with Gasteiger partial charge in [-0.3, -0.25) is 4.79 Å². The van der Waals surface area contributed by atoms with Gasteiger partial charge < -0.3 is 19.5 Å². The lowest BCUT2D eigenvalue weighted by atomic mass is 10.2. The van der Waals surface area contributed by atoms with E-state index in [1.807, 2.05) is 6.07 Å². The van der Waals surface area contributed by atoms with E-state index >= 15 is 0 Å². The highest BCUT2D eigenvalue weighted by molar-refractivity contribution is 5.91. The van der Waals surface area contributed by atoms with Gasteiger partial charge in [-0.05, 0) is 41.5 Å². The molecule has 2 aromatic rings. The first-order chi connectivity index (χ1) is 12.5. The van der Waals surface area contributed by atoms with E-state index in [1.54, 1.807) is 44.6 Å². The Morgan fingerprint density at radius 2 is 1.77 bits per heavy atom. The Morgan fingerprint density at radius 1 is 1.08 bits per heavy atom. The Labute approximate surface area is 150 Å². The monoisotopic (exact) mass is 363 g/mol. The molecule has 0 saturated heterocycles. The molecule has 7 heteroatoms. The van der Waals surface area contributed by atoms with Crippen molar-refractivity contribution in [1.29, 1.82) is 0 Å². The van der Waals surface area contributed by atoms with Crippen LogP contribution in [0.3, 0.4) is 0 Å². The van der Waals surface area contributed by atoms with Crippen LogP contribution in [0.2, 0.25) is 0 Å². The quantitative estimate of drug-likeness (QED) is 0.728. The summed E-state index contributed by atoms with van der Waals surface area (Å²) in [4.78, 5) is 11.9. The van der Waals surface area contributed by atoms with Crippen LogP contribution in [-0.2, 0) is 11.3 Å². The van der Waals surface area contributed by atoms with Gasteiger partial charge in [0.15, 0.2) is 11.5 Å². The number of ether oxygens (including phenoxy) is 3. The molecule has 0 heterocycles. The second kappa shape index (κ2) is 9.41. The lowest BCUT2D eigenvalue weighted by Crippen LogP contribution is -2.20. The summed E-state index contributed by atoms with van der Waals surface area (Å²) in [5, 5.41) is 2.75. The molecule has 0 aromatic heterocycles. The van der Waals surface area contributed by atoms with Gasteiger partial charge in [0.25, 0.3) is 0 Å². The number of nitrogens with one attached hydrogen (secondary N) is 1. The van der Waals surface area contributed by atoms with Crippen LogP contribution in [0.1, 0.15) is 11.1 Å². The molecule has 0 aliphatic heterocycles. The smallest absolute Gasteiger partial charge is 0.387 e. The third kappa shape index (κ3) is 5.77. The van der Waals surface area contributed by atoms with E-state index in [-0.39, 0.29) is 11.7 Å². The fourth-order valence-corrected chi connectivity index (χ4v) is 2.17. The van der Waals surface area contributed by atoms with Gasteiger partial charge in [-0.1, -0.05) is 18.2 Å². The van der Waals surface area contributed by atoms with E-state index in [2.05, 4.69) is 10.1 Å². The number of amides is 1. The lowest BCUT2D eigenvalue weighted by molar-refractivity contribution is -0.116. The highest BCUT2D eigenvalue weighted by Gasteiger charge is 2.05. The van der Waals surface area contributed by atoms with Crippen molar-refractivity contribution in [3.8, 4) is 17.2 Å². The van der Waals surface area contributed by atoms with Crippen LogP contribution >= 0.6 is 0 Å². The van der Waals surface area contributed by atoms with Gasteiger partial charge in [-0.25, -0.2) is 0 Å². The van der Waals surface area contributed by atoms with Crippen molar-refractivity contribution in [3.05, 3.63) is 59.7 Å². The molecule has 0 atom stereocenters. The molecular formula is C19H19F2NO4. The average molecular weight is 363 g/mol. The van der Waals surface area contributed by atoms with Gasteiger partial charge in [0.2, 0.25) is 5.91 Å². The average Bonchev–Trinajstić information content (AvgIpc) is 2.65. The number of carbonyl (C=O) groups is 1. The number of rotatable bonds is 8. The minimum atomic E-state index is -2.86. The molecule has 0 aliphatic carbocycles. The maximum atomic E-state index is 12.1. The van der Waals surface area contributed by atoms with Gasteiger partial charge in [0, 0.05) is 12.6 Å². The molecule has 1 N–H and O–H groups in total. The Balaban J connectivity index is 1.89. The van der Waals surface area contributed by atoms with Gasteiger partial charge >= 0.3 is 6.61 Å². The van der Waals surface area contributed by atoms with Crippen LogP contribution < -0.4 is 19.5 Å². The normalized spacial score (nSPS) is 10.8. The van der Waals surface area contributed by atoms with Crippen molar-refractivity contribution >= 4 is 12.0 Å². The number of carbonyl (C=O) groups excluding carboxylic acids is 1. The van der Waals surface area contributed by atoms with Gasteiger partial charge in [0.1, 0.15) is 5.75 Å². The zero-order valence-corrected chi connectivity index (χ0v) is 14.4. The molecule has 26 heavy (non-hydrogen) atoms. The molecule has 0 radical (unpaired) electrons. The second-order valence-corrected chi connectivity index (χ2v) is 5.19. The van der Waals surface area contributed by atoms with Crippen molar-refractivity contribution in [2.75, 3.05) is 14.2 Å². The van der Waals surface area contributed by atoms with Gasteiger partial charge in [-0.2, -0.15) is 8.78 Å². The summed E-state index contributed by atoms with van der Waals surface area (Å²) in [6.07, 6.45) is 2.94. The summed E-state index contributed by atoms with van der Waals surface area (Å²) >= 11 is 0. The number of methoxy groups -OCH3 is 2. The standard InChI is InChI=1S/C19H19F2NO4/c1-24-16-9-5-14(11-17(16)25-2)12-22-18(23)10-6-13-3-7-15(8-4-13)26-19(20)21/h3-11,19H,12H2,1-2H3,(H,22,23)/b10-6+. The van der Waals surface area contributed by atoms with Gasteiger partial charge in [-0.15, -0.1) is 0 Å². The van der Waals surface area contributed by atoms with Gasteiger partial charge in [0.05, 0.1) is 14.2 Å². The number of benzene rings is 2. The maximum absolute atomic E-state index is 12.1. The summed E-state index contributed by atoms with van der Waals surface area (Å²) in [7, 11) is 3.09. The number of hydrogen-bond acceptors (Lipinski definition) is 4. The first kappa shape index (κ1) is 19.2. The SMILES string of the molecule is COc1ccc(CNC(=O)/C=C/c2ccc(OC(F)F)cc2)cc1OC. The van der Waals surface area contributed by atoms with E-state index in [0.29, 0.717) is 23.6 Å². The van der Waals surface area contributed by atoms with Crippen LogP contribution in [0.25, 0.3) is 6.08 Å². The maximum Gasteiger partial charge on any atom is 0.387 e. The summed E-state index contributed by atoms with van der Waals surface area (Å²) in [6, 6.07) is 11.4. The molecule has 0 unspecified atom stereocenters. The second-order valence-electron chi connectivity index (χ2n) is 5.19. The molecule has 2 rings (SSSR count). The van der Waals surface area contributed by atoms with Crippen molar-refractivity contribution < 1.29 is 27.8 Å². The number of alkyl halides is 2. The zero-order chi connectivity index (χ0) is 18.9. The fourth-order valence-electron chi connectivity index (χ4n) is 2.17. The van der Waals surface area contributed by atoms with E-state index in [1.165, 1.54) is 18.2 Å². The molecule has 2 aromatic carbocycles. The third-order valence-corrected chi connectivity index (χ3v) is 3.45. The van der Waals surface area contributed by atoms with Crippen molar-refractivity contribution in [3.63, 3.8) is 0 Å². The fraction of sp³-hybridized carbons (Fsp3) is 0.211. The Bertz CT molecular complexity index is 761. The molecule has 1 amide bonds. The lowest BCUT2D eigenvalue weighted by Gasteiger charge is -2.09. The van der Waals surface area contributed by atoms with E-state index in [9.17, 15) is 13.6 Å². The van der Waals surface area contributed by atoms with Crippen LogP contribution in [0.15, 0.2) is 48.5 Å². The van der Waals surface area contributed by atoms with Crippen LogP contribution in [0, 0.1) is 0 Å². The Hall–Kier alpha value is -3.09. The molecule has 0 spiro atoms. The number of halogens is 2. The Kier molecular flexibility index (Phi) is 6.96. The highest BCUT2D eigenvalue weighted by atomic mass is 19.3. The van der Waals surface area contributed by atoms with E-state index in [0.717, 1.165) is 5.56 Å². The molecule has 138 valence electrons. The van der Waals surface area contributed by atoms with E-state index < -0.39 is 6.61 Å². The first-order valence-corrected chi connectivity index (χ1v) is 7.73. The van der Waals surface area contributed by atoms with Crippen molar-refractivity contribution in [2.45, 2.75) is 13.2 Å². The van der Waals surface area contributed by atoms with E-state index in [4.69, 9.17) is 9.47 Å².